The van der Waals surface area contributed by atoms with Crippen LogP contribution in [0.4, 0.5) is 0 Å². The van der Waals surface area contributed by atoms with Gasteiger partial charge in [-0.3, -0.25) is 4.79 Å². The largest absolute Gasteiger partial charge is 0.484 e. The van der Waals surface area contributed by atoms with Crippen LogP contribution in [-0.2, 0) is 4.79 Å². The summed E-state index contributed by atoms with van der Waals surface area (Å²) in [5.74, 6) is 1.85. The lowest BCUT2D eigenvalue weighted by atomic mass is 9.80. The van der Waals surface area contributed by atoms with Crippen LogP contribution in [-0.4, -0.2) is 24.4 Å². The summed E-state index contributed by atoms with van der Waals surface area (Å²) < 4.78 is 5.44. The Balaban J connectivity index is 1.70. The van der Waals surface area contributed by atoms with Crippen molar-refractivity contribution < 1.29 is 9.53 Å². The number of hydrogen-bond acceptors (Lipinski definition) is 2. The van der Waals surface area contributed by atoms with Crippen molar-refractivity contribution in [3.63, 3.8) is 0 Å². The van der Waals surface area contributed by atoms with E-state index in [0.717, 1.165) is 11.9 Å². The quantitative estimate of drug-likeness (QED) is 0.763. The third-order valence-electron chi connectivity index (χ3n) is 4.01. The Morgan fingerprint density at radius 2 is 1.90 bits per heavy atom. The van der Waals surface area contributed by atoms with Gasteiger partial charge in [0.05, 0.1) is 0 Å². The van der Waals surface area contributed by atoms with Crippen molar-refractivity contribution in [3.05, 3.63) is 29.3 Å². The smallest absolute Gasteiger partial charge is 0.257 e. The number of carbonyl (C=O) groups is 1. The fourth-order valence-electron chi connectivity index (χ4n) is 2.73. The molecule has 5 heteroatoms. The zero-order chi connectivity index (χ0) is 15.1. The summed E-state index contributed by atoms with van der Waals surface area (Å²) in [5, 5.41) is 4.67. The normalized spacial score (nSPS) is 21.8. The molecule has 2 atom stereocenters. The van der Waals surface area contributed by atoms with Gasteiger partial charge in [0.25, 0.3) is 5.91 Å². The van der Waals surface area contributed by atoms with Crippen molar-refractivity contribution >= 4 is 33.4 Å². The van der Waals surface area contributed by atoms with Gasteiger partial charge >= 0.3 is 0 Å². The lowest BCUT2D eigenvalue weighted by molar-refractivity contribution is -0.123. The van der Waals surface area contributed by atoms with Crippen molar-refractivity contribution in [3.8, 4) is 5.75 Å². The SMILES string of the molecule is O=C(COc1ccc(Cl)cc1)NCC1CCCCC1CBr. The van der Waals surface area contributed by atoms with Crippen LogP contribution in [0.2, 0.25) is 5.02 Å². The van der Waals surface area contributed by atoms with E-state index in [1.54, 1.807) is 24.3 Å². The van der Waals surface area contributed by atoms with Crippen LogP contribution in [0.3, 0.4) is 0 Å². The molecule has 2 unspecified atom stereocenters. The Kier molecular flexibility index (Phi) is 6.84. The van der Waals surface area contributed by atoms with E-state index in [4.69, 9.17) is 16.3 Å². The van der Waals surface area contributed by atoms with Gasteiger partial charge in [-0.25, -0.2) is 0 Å². The van der Waals surface area contributed by atoms with E-state index < -0.39 is 0 Å². The molecule has 0 aliphatic heterocycles. The fraction of sp³-hybridized carbons (Fsp3) is 0.562. The maximum absolute atomic E-state index is 11.8. The average Bonchev–Trinajstić information content (AvgIpc) is 2.52. The van der Waals surface area contributed by atoms with E-state index in [1.165, 1.54) is 25.7 Å². The molecule has 2 rings (SSSR count). The molecule has 3 nitrogen and oxygen atoms in total. The van der Waals surface area contributed by atoms with E-state index in [1.807, 2.05) is 0 Å². The number of amides is 1. The summed E-state index contributed by atoms with van der Waals surface area (Å²) in [4.78, 5) is 11.8. The molecule has 0 saturated heterocycles. The Hall–Kier alpha value is -0.740. The summed E-state index contributed by atoms with van der Waals surface area (Å²) in [6.07, 6.45) is 5.04. The first-order valence-corrected chi connectivity index (χ1v) is 8.90. The molecule has 1 aliphatic rings. The minimum absolute atomic E-state index is 0.0489. The van der Waals surface area contributed by atoms with E-state index in [2.05, 4.69) is 21.2 Å². The van der Waals surface area contributed by atoms with Crippen LogP contribution in [0.25, 0.3) is 0 Å². The Labute approximate surface area is 139 Å². The van der Waals surface area contributed by atoms with Crippen LogP contribution in [0.5, 0.6) is 5.75 Å². The zero-order valence-electron chi connectivity index (χ0n) is 12.0. The molecule has 0 bridgehead atoms. The lowest BCUT2D eigenvalue weighted by Crippen LogP contribution is -2.37. The highest BCUT2D eigenvalue weighted by molar-refractivity contribution is 9.09. The number of nitrogens with one attached hydrogen (secondary N) is 1. The van der Waals surface area contributed by atoms with E-state index in [0.29, 0.717) is 22.6 Å². The standard InChI is InChI=1S/C16H21BrClNO2/c17-9-12-3-1-2-4-13(12)10-19-16(20)11-21-15-7-5-14(18)6-8-15/h5-8,12-13H,1-4,9-11H2,(H,19,20). The van der Waals surface area contributed by atoms with Gasteiger partial charge in [-0.05, 0) is 48.9 Å². The summed E-state index contributed by atoms with van der Waals surface area (Å²) in [7, 11) is 0. The van der Waals surface area contributed by atoms with Crippen LogP contribution in [0.1, 0.15) is 25.7 Å². The first kappa shape index (κ1) is 16.6. The van der Waals surface area contributed by atoms with Gasteiger partial charge in [0, 0.05) is 16.9 Å². The Morgan fingerprint density at radius 3 is 2.57 bits per heavy atom. The van der Waals surface area contributed by atoms with Crippen molar-refractivity contribution in [1.29, 1.82) is 0 Å². The molecule has 21 heavy (non-hydrogen) atoms. The fourth-order valence-corrected chi connectivity index (χ4v) is 3.71. The predicted octanol–water partition coefficient (Wildman–Crippen LogP) is 4.04. The minimum Gasteiger partial charge on any atom is -0.484 e. The highest BCUT2D eigenvalue weighted by atomic mass is 79.9. The molecule has 1 aliphatic carbocycles. The number of carbonyl (C=O) groups excluding carboxylic acids is 1. The molecule has 0 radical (unpaired) electrons. The molecular formula is C16H21BrClNO2. The van der Waals surface area contributed by atoms with Crippen LogP contribution >= 0.6 is 27.5 Å². The van der Waals surface area contributed by atoms with E-state index >= 15 is 0 Å². The molecule has 1 amide bonds. The Bertz CT molecular complexity index is 452. The molecule has 1 N–H and O–H groups in total. The van der Waals surface area contributed by atoms with Crippen molar-refractivity contribution in [1.82, 2.24) is 5.32 Å². The van der Waals surface area contributed by atoms with Gasteiger partial charge in [0.15, 0.2) is 6.61 Å². The average molecular weight is 375 g/mol. The maximum atomic E-state index is 11.8. The highest BCUT2D eigenvalue weighted by Gasteiger charge is 2.24. The first-order chi connectivity index (χ1) is 10.2. The molecule has 116 valence electrons. The highest BCUT2D eigenvalue weighted by Crippen LogP contribution is 2.30. The first-order valence-electron chi connectivity index (χ1n) is 7.40. The number of rotatable bonds is 6. The molecule has 1 aromatic rings. The monoisotopic (exact) mass is 373 g/mol. The second-order valence-electron chi connectivity index (χ2n) is 5.51. The van der Waals surface area contributed by atoms with Crippen LogP contribution in [0.15, 0.2) is 24.3 Å². The second kappa shape index (κ2) is 8.64. The van der Waals surface area contributed by atoms with E-state index in [-0.39, 0.29) is 12.5 Å². The van der Waals surface area contributed by atoms with Gasteiger partial charge in [0.2, 0.25) is 0 Å². The van der Waals surface area contributed by atoms with Crippen molar-refractivity contribution in [2.45, 2.75) is 25.7 Å². The topological polar surface area (TPSA) is 38.3 Å². The van der Waals surface area contributed by atoms with E-state index in [9.17, 15) is 4.79 Å². The number of hydrogen-bond donors (Lipinski definition) is 1. The van der Waals surface area contributed by atoms with Crippen molar-refractivity contribution in [2.75, 3.05) is 18.5 Å². The number of ether oxygens (including phenoxy) is 1. The Morgan fingerprint density at radius 1 is 1.24 bits per heavy atom. The molecule has 1 saturated carbocycles. The third kappa shape index (κ3) is 5.51. The van der Waals surface area contributed by atoms with Gasteiger partial charge < -0.3 is 10.1 Å². The summed E-state index contributed by atoms with van der Waals surface area (Å²) in [6, 6.07) is 7.02. The summed E-state index contributed by atoms with van der Waals surface area (Å²) in [5.41, 5.74) is 0. The minimum atomic E-state index is -0.0659. The lowest BCUT2D eigenvalue weighted by Gasteiger charge is -2.30. The summed E-state index contributed by atoms with van der Waals surface area (Å²) in [6.45, 7) is 0.798. The van der Waals surface area contributed by atoms with Gasteiger partial charge in [-0.2, -0.15) is 0 Å². The maximum Gasteiger partial charge on any atom is 0.257 e. The second-order valence-corrected chi connectivity index (χ2v) is 6.59. The molecule has 0 spiro atoms. The van der Waals surface area contributed by atoms with Crippen LogP contribution in [0, 0.1) is 11.8 Å². The molecule has 1 aromatic carbocycles. The zero-order valence-corrected chi connectivity index (χ0v) is 14.3. The number of halogens is 2. The van der Waals surface area contributed by atoms with Gasteiger partial charge in [0.1, 0.15) is 5.75 Å². The number of benzene rings is 1. The van der Waals surface area contributed by atoms with Gasteiger partial charge in [-0.15, -0.1) is 0 Å². The number of alkyl halides is 1. The third-order valence-corrected chi connectivity index (χ3v) is 5.09. The molecule has 1 fully saturated rings. The van der Waals surface area contributed by atoms with Crippen molar-refractivity contribution in [2.24, 2.45) is 11.8 Å². The molecule has 0 heterocycles. The molecule has 0 aromatic heterocycles. The summed E-state index contributed by atoms with van der Waals surface area (Å²) >= 11 is 9.38. The molecular weight excluding hydrogens is 354 g/mol. The predicted molar refractivity (Wildman–Crippen MR) is 89.2 cm³/mol. The van der Waals surface area contributed by atoms with Gasteiger partial charge in [-0.1, -0.05) is 40.4 Å². The van der Waals surface area contributed by atoms with Crippen LogP contribution < -0.4 is 10.1 Å².